The topological polar surface area (TPSA) is 27.0 Å². The van der Waals surface area contributed by atoms with E-state index in [0.717, 1.165) is 29.9 Å². The normalized spacial score (nSPS) is 17.8. The quantitative estimate of drug-likeness (QED) is 0.751. The first-order valence-electron chi connectivity index (χ1n) is 7.52. The Kier molecular flexibility index (Phi) is 4.94. The van der Waals surface area contributed by atoms with Crippen molar-refractivity contribution >= 4 is 17.3 Å². The summed E-state index contributed by atoms with van der Waals surface area (Å²) in [7, 11) is 0. The highest BCUT2D eigenvalue weighted by Gasteiger charge is 2.31. The van der Waals surface area contributed by atoms with E-state index in [4.69, 9.17) is 11.6 Å². The highest BCUT2D eigenvalue weighted by atomic mass is 35.5. The number of hydrogen-bond donors (Lipinski definition) is 0. The summed E-state index contributed by atoms with van der Waals surface area (Å²) in [4.78, 5) is 2.36. The monoisotopic (exact) mass is 290 g/mol. The van der Waals surface area contributed by atoms with Gasteiger partial charge in [-0.3, -0.25) is 0 Å². The zero-order chi connectivity index (χ0) is 14.6. The van der Waals surface area contributed by atoms with E-state index in [1.807, 2.05) is 12.1 Å². The molecule has 0 N–H and O–H groups in total. The lowest BCUT2D eigenvalue weighted by atomic mass is 9.74. The number of alkyl halides is 1. The van der Waals surface area contributed by atoms with E-state index in [2.05, 4.69) is 30.9 Å². The van der Waals surface area contributed by atoms with Crippen molar-refractivity contribution < 1.29 is 0 Å². The average molecular weight is 291 g/mol. The van der Waals surface area contributed by atoms with Crippen LogP contribution in [0, 0.1) is 16.7 Å². The second-order valence-corrected chi connectivity index (χ2v) is 6.06. The molecule has 0 bridgehead atoms. The standard InChI is InChI=1S/C17H23ClN2/c1-3-17(4-2)7-9-20(10-8-17)16-6-5-14(12-18)11-15(16)13-19/h5-6,11H,3-4,7-10,12H2,1-2H3. The van der Waals surface area contributed by atoms with E-state index in [9.17, 15) is 5.26 Å². The Bertz CT molecular complexity index is 490. The average Bonchev–Trinajstić information content (AvgIpc) is 2.54. The highest BCUT2D eigenvalue weighted by Crippen LogP contribution is 2.39. The lowest BCUT2D eigenvalue weighted by Crippen LogP contribution is -2.40. The van der Waals surface area contributed by atoms with Gasteiger partial charge in [0, 0.05) is 19.0 Å². The van der Waals surface area contributed by atoms with Gasteiger partial charge >= 0.3 is 0 Å². The fourth-order valence-electron chi connectivity index (χ4n) is 3.21. The lowest BCUT2D eigenvalue weighted by Gasteiger charge is -2.42. The summed E-state index contributed by atoms with van der Waals surface area (Å²) in [6.07, 6.45) is 4.96. The molecule has 0 aromatic heterocycles. The van der Waals surface area contributed by atoms with Gasteiger partial charge in [-0.25, -0.2) is 0 Å². The van der Waals surface area contributed by atoms with Gasteiger partial charge < -0.3 is 4.90 Å². The molecule has 0 aliphatic carbocycles. The van der Waals surface area contributed by atoms with Crippen molar-refractivity contribution in [3.05, 3.63) is 29.3 Å². The van der Waals surface area contributed by atoms with Gasteiger partial charge in [0.1, 0.15) is 6.07 Å². The fraction of sp³-hybridized carbons (Fsp3) is 0.588. The Morgan fingerprint density at radius 2 is 1.90 bits per heavy atom. The number of hydrogen-bond acceptors (Lipinski definition) is 2. The first-order valence-corrected chi connectivity index (χ1v) is 8.05. The molecular formula is C17H23ClN2. The maximum Gasteiger partial charge on any atom is 0.101 e. The minimum atomic E-state index is 0.462. The molecule has 2 rings (SSSR count). The summed E-state index contributed by atoms with van der Waals surface area (Å²) in [5, 5.41) is 9.34. The van der Waals surface area contributed by atoms with Crippen LogP contribution in [0.4, 0.5) is 5.69 Å². The summed E-state index contributed by atoms with van der Waals surface area (Å²) < 4.78 is 0. The summed E-state index contributed by atoms with van der Waals surface area (Å²) in [5.74, 6) is 0.462. The molecule has 0 amide bonds. The van der Waals surface area contributed by atoms with Crippen LogP contribution in [0.1, 0.15) is 50.7 Å². The zero-order valence-electron chi connectivity index (χ0n) is 12.5. The van der Waals surface area contributed by atoms with E-state index in [-0.39, 0.29) is 0 Å². The van der Waals surface area contributed by atoms with E-state index in [0.29, 0.717) is 11.3 Å². The van der Waals surface area contributed by atoms with E-state index >= 15 is 0 Å². The number of halogens is 1. The molecule has 0 saturated carbocycles. The van der Waals surface area contributed by atoms with Crippen LogP contribution in [-0.4, -0.2) is 13.1 Å². The smallest absolute Gasteiger partial charge is 0.101 e. The van der Waals surface area contributed by atoms with Crippen molar-refractivity contribution in [2.24, 2.45) is 5.41 Å². The number of anilines is 1. The predicted molar refractivity (Wildman–Crippen MR) is 85.2 cm³/mol. The molecule has 0 spiro atoms. The van der Waals surface area contributed by atoms with Crippen LogP contribution in [0.15, 0.2) is 18.2 Å². The summed E-state index contributed by atoms with van der Waals surface area (Å²) in [5.41, 5.74) is 3.35. The third-order valence-electron chi connectivity index (χ3n) is 5.00. The van der Waals surface area contributed by atoms with Gasteiger partial charge in [0.2, 0.25) is 0 Å². The van der Waals surface area contributed by atoms with Crippen LogP contribution in [-0.2, 0) is 5.88 Å². The molecule has 0 unspecified atom stereocenters. The van der Waals surface area contributed by atoms with Crippen molar-refractivity contribution in [1.29, 1.82) is 5.26 Å². The SMILES string of the molecule is CCC1(CC)CCN(c2ccc(CCl)cc2C#N)CC1. The third kappa shape index (κ3) is 2.94. The molecule has 2 nitrogen and oxygen atoms in total. The Labute approximate surface area is 127 Å². The van der Waals surface area contributed by atoms with E-state index < -0.39 is 0 Å². The Morgan fingerprint density at radius 1 is 1.25 bits per heavy atom. The van der Waals surface area contributed by atoms with Gasteiger partial charge in [-0.1, -0.05) is 32.8 Å². The van der Waals surface area contributed by atoms with Gasteiger partial charge in [-0.15, -0.1) is 11.6 Å². The van der Waals surface area contributed by atoms with Gasteiger partial charge in [0.25, 0.3) is 0 Å². The van der Waals surface area contributed by atoms with Crippen LogP contribution >= 0.6 is 11.6 Å². The Balaban J connectivity index is 2.17. The lowest BCUT2D eigenvalue weighted by molar-refractivity contribution is 0.199. The molecule has 1 aromatic rings. The van der Waals surface area contributed by atoms with E-state index in [1.165, 1.54) is 25.7 Å². The van der Waals surface area contributed by atoms with Crippen molar-refractivity contribution in [1.82, 2.24) is 0 Å². The molecule has 1 heterocycles. The molecule has 1 aliphatic heterocycles. The second-order valence-electron chi connectivity index (χ2n) is 5.79. The van der Waals surface area contributed by atoms with Gasteiger partial charge in [-0.2, -0.15) is 5.26 Å². The molecule has 0 atom stereocenters. The fourth-order valence-corrected chi connectivity index (χ4v) is 3.38. The molecule has 1 saturated heterocycles. The number of benzene rings is 1. The zero-order valence-corrected chi connectivity index (χ0v) is 13.2. The number of nitrogens with zero attached hydrogens (tertiary/aromatic N) is 2. The third-order valence-corrected chi connectivity index (χ3v) is 5.31. The number of nitriles is 1. The Hall–Kier alpha value is -1.20. The summed E-state index contributed by atoms with van der Waals surface area (Å²) >= 11 is 5.85. The van der Waals surface area contributed by atoms with Crippen molar-refractivity contribution in [2.45, 2.75) is 45.4 Å². The highest BCUT2D eigenvalue weighted by molar-refractivity contribution is 6.17. The second kappa shape index (κ2) is 6.50. The maximum atomic E-state index is 9.34. The van der Waals surface area contributed by atoms with Crippen LogP contribution in [0.5, 0.6) is 0 Å². The van der Waals surface area contributed by atoms with E-state index in [1.54, 1.807) is 0 Å². The largest absolute Gasteiger partial charge is 0.370 e. The molecule has 1 aromatic carbocycles. The molecular weight excluding hydrogens is 268 g/mol. The first kappa shape index (κ1) is 15.2. The minimum absolute atomic E-state index is 0.462. The maximum absolute atomic E-state index is 9.34. The molecule has 108 valence electrons. The Morgan fingerprint density at radius 3 is 2.40 bits per heavy atom. The number of rotatable bonds is 4. The van der Waals surface area contributed by atoms with Crippen LogP contribution in [0.2, 0.25) is 0 Å². The predicted octanol–water partition coefficient (Wildman–Crippen LogP) is 4.70. The summed E-state index contributed by atoms with van der Waals surface area (Å²) in [6, 6.07) is 8.33. The summed E-state index contributed by atoms with van der Waals surface area (Å²) in [6.45, 7) is 6.71. The van der Waals surface area contributed by atoms with Gasteiger partial charge in [0.05, 0.1) is 11.3 Å². The van der Waals surface area contributed by atoms with Crippen LogP contribution in [0.25, 0.3) is 0 Å². The van der Waals surface area contributed by atoms with Gasteiger partial charge in [0.15, 0.2) is 0 Å². The minimum Gasteiger partial charge on any atom is -0.370 e. The molecule has 20 heavy (non-hydrogen) atoms. The number of piperidine rings is 1. The molecule has 1 aliphatic rings. The van der Waals surface area contributed by atoms with Crippen LogP contribution < -0.4 is 4.90 Å². The van der Waals surface area contributed by atoms with Crippen molar-refractivity contribution in [3.63, 3.8) is 0 Å². The van der Waals surface area contributed by atoms with Crippen LogP contribution in [0.3, 0.4) is 0 Å². The molecule has 0 radical (unpaired) electrons. The van der Waals surface area contributed by atoms with Gasteiger partial charge in [-0.05, 0) is 36.0 Å². The first-order chi connectivity index (χ1) is 9.68. The molecule has 3 heteroatoms. The molecule has 1 fully saturated rings. The van der Waals surface area contributed by atoms with Crippen molar-refractivity contribution in [3.8, 4) is 6.07 Å². The van der Waals surface area contributed by atoms with Crippen molar-refractivity contribution in [2.75, 3.05) is 18.0 Å².